The lowest BCUT2D eigenvalue weighted by Crippen LogP contribution is -2.24. The molecule has 0 spiro atoms. The van der Waals surface area contributed by atoms with E-state index < -0.39 is 11.9 Å². The summed E-state index contributed by atoms with van der Waals surface area (Å²) < 4.78 is 0. The SMILES string of the molecule is Cc1ccc(CC(CN)C(=O)O)s1. The molecule has 0 bridgehead atoms. The van der Waals surface area contributed by atoms with Gasteiger partial charge in [-0.25, -0.2) is 0 Å². The number of thiophene rings is 1. The monoisotopic (exact) mass is 199 g/mol. The van der Waals surface area contributed by atoms with Crippen LogP contribution in [-0.2, 0) is 11.2 Å². The number of aryl methyl sites for hydroxylation is 1. The molecule has 1 aromatic rings. The molecule has 0 aliphatic heterocycles. The van der Waals surface area contributed by atoms with Crippen LogP contribution in [0.1, 0.15) is 9.75 Å². The maximum absolute atomic E-state index is 10.7. The van der Waals surface area contributed by atoms with Crippen LogP contribution in [0.3, 0.4) is 0 Å². The van der Waals surface area contributed by atoms with Crippen molar-refractivity contribution in [3.8, 4) is 0 Å². The standard InChI is InChI=1S/C9H13NO2S/c1-6-2-3-8(13-6)4-7(5-10)9(11)12/h2-3,7H,4-5,10H2,1H3,(H,11,12). The molecule has 0 fully saturated rings. The third-order valence-corrected chi connectivity index (χ3v) is 2.90. The number of carboxylic acid groups (broad SMARTS) is 1. The van der Waals surface area contributed by atoms with E-state index in [9.17, 15) is 4.79 Å². The van der Waals surface area contributed by atoms with Crippen LogP contribution in [0.2, 0.25) is 0 Å². The first-order valence-electron chi connectivity index (χ1n) is 4.11. The van der Waals surface area contributed by atoms with Gasteiger partial charge in [-0.05, 0) is 25.5 Å². The molecule has 0 aliphatic carbocycles. The van der Waals surface area contributed by atoms with Crippen molar-refractivity contribution in [1.29, 1.82) is 0 Å². The topological polar surface area (TPSA) is 63.3 Å². The van der Waals surface area contributed by atoms with E-state index in [4.69, 9.17) is 10.8 Å². The molecule has 13 heavy (non-hydrogen) atoms. The zero-order valence-electron chi connectivity index (χ0n) is 7.49. The Morgan fingerprint density at radius 2 is 2.38 bits per heavy atom. The summed E-state index contributed by atoms with van der Waals surface area (Å²) in [4.78, 5) is 13.0. The van der Waals surface area contributed by atoms with Gasteiger partial charge in [0.05, 0.1) is 5.92 Å². The van der Waals surface area contributed by atoms with Gasteiger partial charge in [0.1, 0.15) is 0 Å². The molecule has 3 nitrogen and oxygen atoms in total. The first-order chi connectivity index (χ1) is 6.13. The van der Waals surface area contributed by atoms with Crippen LogP contribution >= 0.6 is 11.3 Å². The predicted octanol–water partition coefficient (Wildman–Crippen LogP) is 1.26. The molecule has 1 atom stereocenters. The van der Waals surface area contributed by atoms with Crippen LogP contribution in [-0.4, -0.2) is 17.6 Å². The molecule has 4 heteroatoms. The fourth-order valence-electron chi connectivity index (χ4n) is 1.11. The van der Waals surface area contributed by atoms with Crippen molar-refractivity contribution < 1.29 is 9.90 Å². The van der Waals surface area contributed by atoms with Crippen molar-refractivity contribution >= 4 is 17.3 Å². The van der Waals surface area contributed by atoms with E-state index in [1.807, 2.05) is 19.1 Å². The molecule has 0 saturated heterocycles. The number of rotatable bonds is 4. The summed E-state index contributed by atoms with van der Waals surface area (Å²) in [6.07, 6.45) is 0.546. The highest BCUT2D eigenvalue weighted by Crippen LogP contribution is 2.18. The van der Waals surface area contributed by atoms with Crippen LogP contribution < -0.4 is 5.73 Å². The summed E-state index contributed by atoms with van der Waals surface area (Å²) in [5, 5.41) is 8.77. The van der Waals surface area contributed by atoms with E-state index in [0.29, 0.717) is 6.42 Å². The molecule has 1 rings (SSSR count). The summed E-state index contributed by atoms with van der Waals surface area (Å²) in [5.41, 5.74) is 5.35. The van der Waals surface area contributed by atoms with Crippen LogP contribution in [0.15, 0.2) is 12.1 Å². The van der Waals surface area contributed by atoms with E-state index in [1.165, 1.54) is 4.88 Å². The number of carbonyl (C=O) groups is 1. The fraction of sp³-hybridized carbons (Fsp3) is 0.444. The van der Waals surface area contributed by atoms with Gasteiger partial charge in [-0.15, -0.1) is 11.3 Å². The summed E-state index contributed by atoms with van der Waals surface area (Å²) in [6, 6.07) is 3.96. The first kappa shape index (κ1) is 10.2. The molecular formula is C9H13NO2S. The third kappa shape index (κ3) is 2.82. The van der Waals surface area contributed by atoms with Gasteiger partial charge in [-0.3, -0.25) is 4.79 Å². The second-order valence-corrected chi connectivity index (χ2v) is 4.36. The lowest BCUT2D eigenvalue weighted by Gasteiger charge is -2.06. The second-order valence-electron chi connectivity index (χ2n) is 2.99. The molecule has 0 aliphatic rings. The first-order valence-corrected chi connectivity index (χ1v) is 4.93. The molecule has 1 aromatic heterocycles. The minimum Gasteiger partial charge on any atom is -0.481 e. The molecule has 0 amide bonds. The number of hydrogen-bond acceptors (Lipinski definition) is 3. The Labute approximate surface area is 81.2 Å². The summed E-state index contributed by atoms with van der Waals surface area (Å²) >= 11 is 1.63. The summed E-state index contributed by atoms with van der Waals surface area (Å²) in [7, 11) is 0. The quantitative estimate of drug-likeness (QED) is 0.767. The minimum absolute atomic E-state index is 0.201. The van der Waals surface area contributed by atoms with Gasteiger partial charge >= 0.3 is 5.97 Å². The molecule has 1 unspecified atom stereocenters. The second kappa shape index (κ2) is 4.39. The van der Waals surface area contributed by atoms with Gasteiger partial charge in [0.15, 0.2) is 0 Å². The van der Waals surface area contributed by atoms with Gasteiger partial charge in [-0.1, -0.05) is 0 Å². The largest absolute Gasteiger partial charge is 0.481 e. The zero-order chi connectivity index (χ0) is 9.84. The highest BCUT2D eigenvalue weighted by molar-refractivity contribution is 7.11. The minimum atomic E-state index is -0.812. The van der Waals surface area contributed by atoms with Crippen molar-refractivity contribution in [3.05, 3.63) is 21.9 Å². The van der Waals surface area contributed by atoms with E-state index in [0.717, 1.165) is 4.88 Å². The van der Waals surface area contributed by atoms with Gasteiger partial charge in [0.25, 0.3) is 0 Å². The highest BCUT2D eigenvalue weighted by Gasteiger charge is 2.16. The van der Waals surface area contributed by atoms with Crippen molar-refractivity contribution in [2.75, 3.05) is 6.54 Å². The van der Waals surface area contributed by atoms with E-state index in [2.05, 4.69) is 0 Å². The van der Waals surface area contributed by atoms with Gasteiger partial charge in [-0.2, -0.15) is 0 Å². The molecule has 0 aromatic carbocycles. The Hall–Kier alpha value is -0.870. The van der Waals surface area contributed by atoms with Gasteiger partial charge < -0.3 is 10.8 Å². The van der Waals surface area contributed by atoms with Crippen LogP contribution in [0.25, 0.3) is 0 Å². The average Bonchev–Trinajstić information content (AvgIpc) is 2.46. The highest BCUT2D eigenvalue weighted by atomic mass is 32.1. The normalized spacial score (nSPS) is 12.8. The molecular weight excluding hydrogens is 186 g/mol. The molecule has 3 N–H and O–H groups in total. The van der Waals surface area contributed by atoms with Crippen molar-refractivity contribution in [2.45, 2.75) is 13.3 Å². The zero-order valence-corrected chi connectivity index (χ0v) is 8.30. The lowest BCUT2D eigenvalue weighted by molar-refractivity contribution is -0.141. The Kier molecular flexibility index (Phi) is 3.45. The number of hydrogen-bond donors (Lipinski definition) is 2. The molecule has 72 valence electrons. The fourth-order valence-corrected chi connectivity index (χ4v) is 2.08. The molecule has 0 radical (unpaired) electrons. The molecule has 1 heterocycles. The maximum Gasteiger partial charge on any atom is 0.308 e. The summed E-state index contributed by atoms with van der Waals surface area (Å²) in [6.45, 7) is 2.21. The Morgan fingerprint density at radius 3 is 2.77 bits per heavy atom. The predicted molar refractivity (Wildman–Crippen MR) is 52.9 cm³/mol. The Bertz CT molecular complexity index is 296. The van der Waals surface area contributed by atoms with E-state index >= 15 is 0 Å². The van der Waals surface area contributed by atoms with Crippen LogP contribution in [0.5, 0.6) is 0 Å². The molecule has 0 saturated carbocycles. The van der Waals surface area contributed by atoms with Crippen molar-refractivity contribution in [1.82, 2.24) is 0 Å². The Balaban J connectivity index is 2.61. The van der Waals surface area contributed by atoms with Crippen LogP contribution in [0.4, 0.5) is 0 Å². The average molecular weight is 199 g/mol. The third-order valence-electron chi connectivity index (χ3n) is 1.88. The van der Waals surface area contributed by atoms with Gasteiger partial charge in [0, 0.05) is 16.3 Å². The summed E-state index contributed by atoms with van der Waals surface area (Å²) in [5.74, 6) is -1.26. The van der Waals surface area contributed by atoms with E-state index in [1.54, 1.807) is 11.3 Å². The van der Waals surface area contributed by atoms with Gasteiger partial charge in [0.2, 0.25) is 0 Å². The van der Waals surface area contributed by atoms with Crippen molar-refractivity contribution in [3.63, 3.8) is 0 Å². The number of aliphatic carboxylic acids is 1. The maximum atomic E-state index is 10.7. The number of nitrogens with two attached hydrogens (primary N) is 1. The number of carboxylic acids is 1. The lowest BCUT2D eigenvalue weighted by atomic mass is 10.1. The van der Waals surface area contributed by atoms with Crippen molar-refractivity contribution in [2.24, 2.45) is 11.7 Å². The Morgan fingerprint density at radius 1 is 1.69 bits per heavy atom. The smallest absolute Gasteiger partial charge is 0.308 e. The van der Waals surface area contributed by atoms with Crippen LogP contribution in [0, 0.1) is 12.8 Å². The van der Waals surface area contributed by atoms with E-state index in [-0.39, 0.29) is 6.54 Å².